The minimum Gasteiger partial charge on any atom is -0.264 e. The lowest BCUT2D eigenvalue weighted by atomic mass is 10.1. The standard InChI is InChI=1S/C8H7F3N/c1-2-6-5-12-4-3-7(6)8(9,10)11/h3-5H,1-2H2. The molecule has 1 heterocycles. The zero-order valence-corrected chi connectivity index (χ0v) is 6.23. The van der Waals surface area contributed by atoms with E-state index in [1.807, 2.05) is 0 Å². The van der Waals surface area contributed by atoms with E-state index in [-0.39, 0.29) is 12.0 Å². The molecule has 0 saturated carbocycles. The summed E-state index contributed by atoms with van der Waals surface area (Å²) in [6.07, 6.45) is -1.88. The van der Waals surface area contributed by atoms with Crippen molar-refractivity contribution in [1.82, 2.24) is 4.98 Å². The molecule has 1 aromatic rings. The van der Waals surface area contributed by atoms with Gasteiger partial charge in [-0.05, 0) is 25.0 Å². The fraction of sp³-hybridized carbons (Fsp3) is 0.250. The van der Waals surface area contributed by atoms with Crippen molar-refractivity contribution in [1.29, 1.82) is 0 Å². The lowest BCUT2D eigenvalue weighted by molar-refractivity contribution is -0.138. The number of alkyl halides is 3. The molecule has 0 fully saturated rings. The first-order valence-electron chi connectivity index (χ1n) is 3.35. The molecular formula is C8H7F3N. The van der Waals surface area contributed by atoms with Crippen molar-refractivity contribution in [3.05, 3.63) is 36.5 Å². The van der Waals surface area contributed by atoms with E-state index in [9.17, 15) is 13.2 Å². The van der Waals surface area contributed by atoms with Crippen LogP contribution in [-0.2, 0) is 12.6 Å². The predicted octanol–water partition coefficient (Wildman–Crippen LogP) is 2.48. The Hall–Kier alpha value is -1.06. The van der Waals surface area contributed by atoms with E-state index in [2.05, 4.69) is 11.9 Å². The quantitative estimate of drug-likeness (QED) is 0.637. The monoisotopic (exact) mass is 174 g/mol. The summed E-state index contributed by atoms with van der Waals surface area (Å²) in [6.45, 7) is 3.39. The highest BCUT2D eigenvalue weighted by Crippen LogP contribution is 2.31. The van der Waals surface area contributed by atoms with Crippen LogP contribution in [0.3, 0.4) is 0 Å². The second kappa shape index (κ2) is 3.13. The van der Waals surface area contributed by atoms with Crippen molar-refractivity contribution in [2.45, 2.75) is 12.6 Å². The average Bonchev–Trinajstić information content (AvgIpc) is 2.03. The first-order valence-corrected chi connectivity index (χ1v) is 3.35. The number of nitrogens with zero attached hydrogens (tertiary/aromatic N) is 1. The Morgan fingerprint density at radius 2 is 2.08 bits per heavy atom. The van der Waals surface area contributed by atoms with Crippen molar-refractivity contribution >= 4 is 0 Å². The summed E-state index contributed by atoms with van der Waals surface area (Å²) in [5, 5.41) is 0. The SMILES string of the molecule is [CH2]Cc1cnccc1C(F)(F)F. The molecule has 0 amide bonds. The van der Waals surface area contributed by atoms with Crippen LogP contribution < -0.4 is 0 Å². The maximum atomic E-state index is 12.2. The number of halogens is 3. The van der Waals surface area contributed by atoms with Gasteiger partial charge in [-0.1, -0.05) is 0 Å². The maximum absolute atomic E-state index is 12.2. The number of hydrogen-bond acceptors (Lipinski definition) is 1. The third kappa shape index (κ3) is 1.75. The number of aromatic nitrogens is 1. The summed E-state index contributed by atoms with van der Waals surface area (Å²) in [4.78, 5) is 3.59. The molecule has 65 valence electrons. The van der Waals surface area contributed by atoms with Crippen LogP contribution in [-0.4, -0.2) is 4.98 Å². The van der Waals surface area contributed by atoms with Gasteiger partial charge in [0.1, 0.15) is 0 Å². The lowest BCUT2D eigenvalue weighted by Gasteiger charge is -2.09. The topological polar surface area (TPSA) is 12.9 Å². The van der Waals surface area contributed by atoms with Gasteiger partial charge < -0.3 is 0 Å². The van der Waals surface area contributed by atoms with Gasteiger partial charge >= 0.3 is 6.18 Å². The molecule has 4 heteroatoms. The second-order valence-corrected chi connectivity index (χ2v) is 2.28. The third-order valence-electron chi connectivity index (χ3n) is 1.48. The van der Waals surface area contributed by atoms with Gasteiger partial charge in [0.25, 0.3) is 0 Å². The summed E-state index contributed by atoms with van der Waals surface area (Å²) in [6, 6.07) is 0.959. The fourth-order valence-electron chi connectivity index (χ4n) is 0.903. The van der Waals surface area contributed by atoms with Crippen molar-refractivity contribution in [2.75, 3.05) is 0 Å². The summed E-state index contributed by atoms with van der Waals surface area (Å²) >= 11 is 0. The number of pyridine rings is 1. The van der Waals surface area contributed by atoms with E-state index in [0.29, 0.717) is 0 Å². The molecule has 1 rings (SSSR count). The number of hydrogen-bond donors (Lipinski definition) is 0. The smallest absolute Gasteiger partial charge is 0.264 e. The van der Waals surface area contributed by atoms with Crippen LogP contribution in [0.4, 0.5) is 13.2 Å². The molecule has 0 N–H and O–H groups in total. The highest BCUT2D eigenvalue weighted by Gasteiger charge is 2.32. The Balaban J connectivity index is 3.14. The molecule has 0 unspecified atom stereocenters. The molecule has 0 aliphatic heterocycles. The molecule has 1 aromatic heterocycles. The lowest BCUT2D eigenvalue weighted by Crippen LogP contribution is -2.08. The fourth-order valence-corrected chi connectivity index (χ4v) is 0.903. The van der Waals surface area contributed by atoms with Gasteiger partial charge in [0.2, 0.25) is 0 Å². The zero-order valence-electron chi connectivity index (χ0n) is 6.23. The molecule has 0 atom stereocenters. The van der Waals surface area contributed by atoms with Crippen LogP contribution in [0.5, 0.6) is 0 Å². The predicted molar refractivity (Wildman–Crippen MR) is 38.3 cm³/mol. The van der Waals surface area contributed by atoms with Gasteiger partial charge in [-0.2, -0.15) is 13.2 Å². The van der Waals surface area contributed by atoms with E-state index in [1.54, 1.807) is 0 Å². The summed E-state index contributed by atoms with van der Waals surface area (Å²) in [7, 11) is 0. The first kappa shape index (κ1) is 9.03. The highest BCUT2D eigenvalue weighted by atomic mass is 19.4. The van der Waals surface area contributed by atoms with Crippen molar-refractivity contribution in [2.24, 2.45) is 0 Å². The highest BCUT2D eigenvalue weighted by molar-refractivity contribution is 5.26. The van der Waals surface area contributed by atoms with Crippen LogP contribution in [0.25, 0.3) is 0 Å². The van der Waals surface area contributed by atoms with Crippen LogP contribution >= 0.6 is 0 Å². The molecule has 12 heavy (non-hydrogen) atoms. The van der Waals surface area contributed by atoms with Crippen LogP contribution in [0, 0.1) is 6.92 Å². The molecule has 1 radical (unpaired) electrons. The summed E-state index contributed by atoms with van der Waals surface area (Å²) in [5.74, 6) is 0. The Morgan fingerprint density at radius 1 is 1.42 bits per heavy atom. The van der Waals surface area contributed by atoms with Gasteiger partial charge in [-0.3, -0.25) is 4.98 Å². The first-order chi connectivity index (χ1) is 5.55. The third-order valence-corrected chi connectivity index (χ3v) is 1.48. The summed E-state index contributed by atoms with van der Waals surface area (Å²) in [5.41, 5.74) is -0.516. The number of rotatable bonds is 1. The Labute approximate surface area is 68.2 Å². The molecule has 0 saturated heterocycles. The molecule has 0 aromatic carbocycles. The largest absolute Gasteiger partial charge is 0.416 e. The van der Waals surface area contributed by atoms with Gasteiger partial charge in [-0.25, -0.2) is 0 Å². The van der Waals surface area contributed by atoms with E-state index in [1.165, 1.54) is 6.20 Å². The van der Waals surface area contributed by atoms with Gasteiger partial charge in [-0.15, -0.1) is 0 Å². The Kier molecular flexibility index (Phi) is 2.35. The van der Waals surface area contributed by atoms with E-state index in [4.69, 9.17) is 0 Å². The Bertz CT molecular complexity index is 267. The molecule has 1 nitrogen and oxygen atoms in total. The minimum atomic E-state index is -4.30. The molecule has 0 spiro atoms. The van der Waals surface area contributed by atoms with Crippen LogP contribution in [0.15, 0.2) is 18.5 Å². The Morgan fingerprint density at radius 3 is 2.50 bits per heavy atom. The van der Waals surface area contributed by atoms with Gasteiger partial charge in [0.15, 0.2) is 0 Å². The van der Waals surface area contributed by atoms with Crippen molar-refractivity contribution in [3.8, 4) is 0 Å². The van der Waals surface area contributed by atoms with E-state index >= 15 is 0 Å². The maximum Gasteiger partial charge on any atom is 0.416 e. The van der Waals surface area contributed by atoms with Gasteiger partial charge in [0, 0.05) is 12.4 Å². The van der Waals surface area contributed by atoms with Crippen molar-refractivity contribution in [3.63, 3.8) is 0 Å². The minimum absolute atomic E-state index is 0.0999. The van der Waals surface area contributed by atoms with Crippen LogP contribution in [0.2, 0.25) is 0 Å². The van der Waals surface area contributed by atoms with Crippen LogP contribution in [0.1, 0.15) is 11.1 Å². The summed E-state index contributed by atoms with van der Waals surface area (Å²) < 4.78 is 36.5. The average molecular weight is 174 g/mol. The van der Waals surface area contributed by atoms with Crippen molar-refractivity contribution < 1.29 is 13.2 Å². The molecule has 0 bridgehead atoms. The zero-order chi connectivity index (χ0) is 9.19. The van der Waals surface area contributed by atoms with E-state index < -0.39 is 11.7 Å². The van der Waals surface area contributed by atoms with E-state index in [0.717, 1.165) is 12.3 Å². The molecule has 0 aliphatic rings. The molecule has 0 aliphatic carbocycles. The molecular weight excluding hydrogens is 167 g/mol. The second-order valence-electron chi connectivity index (χ2n) is 2.28. The van der Waals surface area contributed by atoms with Gasteiger partial charge in [0.05, 0.1) is 5.56 Å². The normalized spacial score (nSPS) is 11.7.